The van der Waals surface area contributed by atoms with Crippen LogP contribution in [0.15, 0.2) is 83.1 Å². The third kappa shape index (κ3) is 4.85. The molecular weight excluding hydrogens is 446 g/mol. The highest BCUT2D eigenvalue weighted by atomic mass is 32.2. The van der Waals surface area contributed by atoms with Crippen molar-refractivity contribution < 1.29 is 13.0 Å². The Balaban J connectivity index is 1.82. The molecule has 1 aliphatic rings. The Hall–Kier alpha value is -2.19. The number of para-hydroxylation sites is 3. The first kappa shape index (κ1) is 22.0. The molecule has 0 bridgehead atoms. The van der Waals surface area contributed by atoms with Gasteiger partial charge >= 0.3 is 0 Å². The number of anilines is 3. The third-order valence-electron chi connectivity index (χ3n) is 5.01. The highest BCUT2D eigenvalue weighted by Crippen LogP contribution is 2.52. The second kappa shape index (κ2) is 9.53. The van der Waals surface area contributed by atoms with Crippen LogP contribution in [0.3, 0.4) is 0 Å². The molecule has 0 spiro atoms. The van der Waals surface area contributed by atoms with Gasteiger partial charge in [-0.15, -0.1) is 23.5 Å². The van der Waals surface area contributed by atoms with E-state index in [1.54, 1.807) is 23.5 Å². The van der Waals surface area contributed by atoms with Crippen LogP contribution < -0.4 is 4.90 Å². The van der Waals surface area contributed by atoms with Crippen LogP contribution in [-0.4, -0.2) is 30.7 Å². The van der Waals surface area contributed by atoms with Gasteiger partial charge in [0.25, 0.3) is 10.1 Å². The van der Waals surface area contributed by atoms with Crippen molar-refractivity contribution in [3.63, 3.8) is 0 Å². The lowest BCUT2D eigenvalue weighted by Crippen LogP contribution is -2.18. The average molecular weight is 470 g/mol. The molecule has 0 aromatic heterocycles. The molecule has 0 fully saturated rings. The molecule has 1 N–H and O–H groups in total. The van der Waals surface area contributed by atoms with E-state index in [0.29, 0.717) is 12.2 Å². The van der Waals surface area contributed by atoms with Crippen molar-refractivity contribution in [2.45, 2.75) is 6.42 Å². The first-order valence-corrected chi connectivity index (χ1v) is 13.7. The maximum Gasteiger partial charge on any atom is 0.264 e. The fraction of sp³-hybridized carbons (Fsp3) is 0.167. The van der Waals surface area contributed by atoms with Crippen molar-refractivity contribution >= 4 is 56.3 Å². The number of rotatable bonds is 7. The van der Waals surface area contributed by atoms with Gasteiger partial charge in [0.05, 0.1) is 17.1 Å². The van der Waals surface area contributed by atoms with Gasteiger partial charge in [0.2, 0.25) is 0 Å². The highest BCUT2D eigenvalue weighted by molar-refractivity contribution is 8.22. The molecule has 0 radical (unpaired) electrons. The summed E-state index contributed by atoms with van der Waals surface area (Å²) < 4.78 is 32.3. The minimum Gasteiger partial charge on any atom is -0.309 e. The molecule has 0 saturated carbocycles. The predicted octanol–water partition coefficient (Wildman–Crippen LogP) is 6.56. The highest BCUT2D eigenvalue weighted by Gasteiger charge is 2.29. The molecule has 3 aromatic carbocycles. The summed E-state index contributed by atoms with van der Waals surface area (Å²) >= 11 is 3.31. The molecular formula is C24H23NO3S3. The molecule has 4 rings (SSSR count). The summed E-state index contributed by atoms with van der Waals surface area (Å²) in [6, 6.07) is 27.1. The van der Waals surface area contributed by atoms with Gasteiger partial charge in [-0.05, 0) is 42.7 Å². The Kier molecular flexibility index (Phi) is 6.77. The van der Waals surface area contributed by atoms with E-state index in [4.69, 9.17) is 4.55 Å². The van der Waals surface area contributed by atoms with Crippen LogP contribution in [0.25, 0.3) is 5.57 Å². The second-order valence-electron chi connectivity index (χ2n) is 7.06. The number of nitrogens with zero attached hydrogens (tertiary/aromatic N) is 1. The van der Waals surface area contributed by atoms with Gasteiger partial charge in [-0.3, -0.25) is 4.55 Å². The topological polar surface area (TPSA) is 57.6 Å². The molecule has 7 heteroatoms. The molecule has 4 nitrogen and oxygen atoms in total. The monoisotopic (exact) mass is 469 g/mol. The third-order valence-corrected chi connectivity index (χ3v) is 8.20. The standard InChI is InChI=1S/C24H23NO3S3/c1-29-24(30-16-9-17-31(26,27)28)23-19-12-5-7-14-21(19)25(18-10-3-2-4-11-18)22-15-8-6-13-20(22)23/h2-8,10-15H,9,16-17H2,1H3,(H,26,27,28). The van der Waals surface area contributed by atoms with E-state index in [0.717, 1.165) is 32.4 Å². The summed E-state index contributed by atoms with van der Waals surface area (Å²) in [6.07, 6.45) is 2.45. The van der Waals surface area contributed by atoms with Crippen molar-refractivity contribution in [3.8, 4) is 0 Å². The van der Waals surface area contributed by atoms with Crippen LogP contribution in [0.1, 0.15) is 17.5 Å². The Morgan fingerprint density at radius 1 is 0.871 bits per heavy atom. The van der Waals surface area contributed by atoms with Crippen LogP contribution in [0.4, 0.5) is 17.1 Å². The summed E-state index contributed by atoms with van der Waals surface area (Å²) in [6.45, 7) is 0. The molecule has 31 heavy (non-hydrogen) atoms. The maximum absolute atomic E-state index is 11.1. The zero-order chi connectivity index (χ0) is 21.8. The number of benzene rings is 3. The van der Waals surface area contributed by atoms with Gasteiger partial charge < -0.3 is 4.90 Å². The Morgan fingerprint density at radius 2 is 1.42 bits per heavy atom. The first-order chi connectivity index (χ1) is 15.0. The summed E-state index contributed by atoms with van der Waals surface area (Å²) in [5.41, 5.74) is 6.81. The molecule has 3 aromatic rings. The largest absolute Gasteiger partial charge is 0.309 e. The number of hydrogen-bond acceptors (Lipinski definition) is 5. The zero-order valence-corrected chi connectivity index (χ0v) is 19.5. The van der Waals surface area contributed by atoms with Gasteiger partial charge in [0.1, 0.15) is 0 Å². The van der Waals surface area contributed by atoms with E-state index in [1.807, 2.05) is 24.5 Å². The van der Waals surface area contributed by atoms with Gasteiger partial charge in [-0.2, -0.15) is 8.42 Å². The Morgan fingerprint density at radius 3 is 1.97 bits per heavy atom. The smallest absolute Gasteiger partial charge is 0.264 e. The minimum atomic E-state index is -3.93. The molecule has 160 valence electrons. The molecule has 1 heterocycles. The zero-order valence-electron chi connectivity index (χ0n) is 17.1. The van der Waals surface area contributed by atoms with Crippen molar-refractivity contribution in [2.75, 3.05) is 22.7 Å². The van der Waals surface area contributed by atoms with Crippen LogP contribution in [0.5, 0.6) is 0 Å². The predicted molar refractivity (Wildman–Crippen MR) is 134 cm³/mol. The van der Waals surface area contributed by atoms with Gasteiger partial charge in [0.15, 0.2) is 0 Å². The quantitative estimate of drug-likeness (QED) is 0.244. The molecule has 0 saturated heterocycles. The molecule has 1 aliphatic heterocycles. The average Bonchev–Trinajstić information content (AvgIpc) is 2.78. The van der Waals surface area contributed by atoms with E-state index in [2.05, 4.69) is 65.6 Å². The summed E-state index contributed by atoms with van der Waals surface area (Å²) in [4.78, 5) is 2.29. The van der Waals surface area contributed by atoms with E-state index >= 15 is 0 Å². The normalized spacial score (nSPS) is 13.0. The van der Waals surface area contributed by atoms with Crippen LogP contribution in [0.2, 0.25) is 0 Å². The Labute approximate surface area is 192 Å². The molecule has 0 atom stereocenters. The lowest BCUT2D eigenvalue weighted by molar-refractivity contribution is 0.482. The molecule has 0 amide bonds. The lowest BCUT2D eigenvalue weighted by Gasteiger charge is -2.35. The Bertz CT molecular complexity index is 1160. The second-order valence-corrected chi connectivity index (χ2v) is 10.8. The maximum atomic E-state index is 11.1. The van der Waals surface area contributed by atoms with E-state index < -0.39 is 10.1 Å². The van der Waals surface area contributed by atoms with Crippen LogP contribution in [0, 0.1) is 0 Å². The van der Waals surface area contributed by atoms with E-state index in [-0.39, 0.29) is 5.75 Å². The number of fused-ring (bicyclic) bond motifs is 2. The van der Waals surface area contributed by atoms with Crippen LogP contribution >= 0.6 is 23.5 Å². The minimum absolute atomic E-state index is 0.216. The molecule has 0 aliphatic carbocycles. The van der Waals surface area contributed by atoms with Crippen LogP contribution in [-0.2, 0) is 10.1 Å². The van der Waals surface area contributed by atoms with E-state index in [9.17, 15) is 8.42 Å². The van der Waals surface area contributed by atoms with Gasteiger partial charge in [-0.1, -0.05) is 54.6 Å². The SMILES string of the molecule is CSC(SCCCS(=O)(=O)O)=C1c2ccccc2N(c2ccccc2)c2ccccc21. The van der Waals surface area contributed by atoms with Crippen molar-refractivity contribution in [1.82, 2.24) is 0 Å². The molecule has 0 unspecified atom stereocenters. The fourth-order valence-electron chi connectivity index (χ4n) is 3.75. The fourth-order valence-corrected chi connectivity index (χ4v) is 6.43. The lowest BCUT2D eigenvalue weighted by atomic mass is 9.91. The van der Waals surface area contributed by atoms with Crippen molar-refractivity contribution in [2.24, 2.45) is 0 Å². The summed E-state index contributed by atoms with van der Waals surface area (Å²) in [5.74, 6) is 0.401. The van der Waals surface area contributed by atoms with Gasteiger partial charge in [-0.25, -0.2) is 0 Å². The van der Waals surface area contributed by atoms with Gasteiger partial charge in [0, 0.05) is 26.6 Å². The van der Waals surface area contributed by atoms with E-state index in [1.165, 1.54) is 5.57 Å². The summed E-state index contributed by atoms with van der Waals surface area (Å²) in [7, 11) is -3.93. The van der Waals surface area contributed by atoms with Crippen molar-refractivity contribution in [1.29, 1.82) is 0 Å². The first-order valence-electron chi connectivity index (χ1n) is 9.90. The number of thioether (sulfide) groups is 2. The number of hydrogen-bond donors (Lipinski definition) is 1. The van der Waals surface area contributed by atoms with Crippen molar-refractivity contribution in [3.05, 3.63) is 94.2 Å². The summed E-state index contributed by atoms with van der Waals surface area (Å²) in [5, 5.41) is 0.